The van der Waals surface area contributed by atoms with Crippen LogP contribution in [0.15, 0.2) is 30.3 Å². The lowest BCUT2D eigenvalue weighted by atomic mass is 9.97. The summed E-state index contributed by atoms with van der Waals surface area (Å²) in [5.74, 6) is -0.420. The van der Waals surface area contributed by atoms with Crippen molar-refractivity contribution in [1.29, 1.82) is 0 Å². The highest BCUT2D eigenvalue weighted by Crippen LogP contribution is 2.22. The molecule has 4 nitrogen and oxygen atoms in total. The molecule has 0 N–H and O–H groups in total. The Kier molecular flexibility index (Phi) is 5.15. The minimum atomic E-state index is -0.242. The van der Waals surface area contributed by atoms with Crippen LogP contribution in [0.4, 0.5) is 0 Å². The molecule has 1 aromatic rings. The molecule has 1 aliphatic rings. The van der Waals surface area contributed by atoms with E-state index in [1.54, 1.807) is 0 Å². The third-order valence-corrected chi connectivity index (χ3v) is 3.84. The number of morpholine rings is 1. The van der Waals surface area contributed by atoms with Crippen LogP contribution in [-0.4, -0.2) is 49.8 Å². The maximum absolute atomic E-state index is 12.1. The minimum absolute atomic E-state index is 0.178. The normalized spacial score (nSPS) is 25.1. The summed E-state index contributed by atoms with van der Waals surface area (Å²) in [6, 6.07) is 10.2. The van der Waals surface area contributed by atoms with Gasteiger partial charge >= 0.3 is 5.97 Å². The Morgan fingerprint density at radius 3 is 2.75 bits per heavy atom. The van der Waals surface area contributed by atoms with E-state index in [9.17, 15) is 4.79 Å². The Labute approximate surface area is 120 Å². The first-order chi connectivity index (χ1) is 9.61. The molecule has 1 fully saturated rings. The molecule has 1 heterocycles. The number of rotatable bonds is 4. The second-order valence-electron chi connectivity index (χ2n) is 5.43. The van der Waals surface area contributed by atoms with Crippen LogP contribution >= 0.6 is 0 Å². The summed E-state index contributed by atoms with van der Waals surface area (Å²) in [7, 11) is 1.45. The SMILES string of the molecule is COC(=O)C(CN1CC(C)OCC1C)c1ccccc1. The highest BCUT2D eigenvalue weighted by Gasteiger charge is 2.30. The van der Waals surface area contributed by atoms with Gasteiger partial charge in [0.2, 0.25) is 0 Å². The predicted octanol–water partition coefficient (Wildman–Crippen LogP) is 2.05. The molecule has 1 aromatic carbocycles. The summed E-state index contributed by atoms with van der Waals surface area (Å²) in [6.07, 6.45) is 0.209. The molecule has 4 heteroatoms. The van der Waals surface area contributed by atoms with Gasteiger partial charge in [-0.25, -0.2) is 0 Å². The van der Waals surface area contributed by atoms with E-state index in [4.69, 9.17) is 9.47 Å². The number of methoxy groups -OCH3 is 1. The molecule has 0 aromatic heterocycles. The monoisotopic (exact) mass is 277 g/mol. The highest BCUT2D eigenvalue weighted by atomic mass is 16.5. The Balaban J connectivity index is 2.14. The molecule has 0 saturated carbocycles. The molecule has 0 amide bonds. The molecule has 0 spiro atoms. The molecule has 3 atom stereocenters. The van der Waals surface area contributed by atoms with Crippen molar-refractivity contribution in [1.82, 2.24) is 4.90 Å². The number of carbonyl (C=O) groups is 1. The van der Waals surface area contributed by atoms with Crippen LogP contribution in [0.3, 0.4) is 0 Å². The summed E-state index contributed by atoms with van der Waals surface area (Å²) in [4.78, 5) is 14.4. The number of hydrogen-bond donors (Lipinski definition) is 0. The molecule has 0 bridgehead atoms. The zero-order valence-electron chi connectivity index (χ0n) is 12.4. The molecule has 2 rings (SSSR count). The van der Waals surface area contributed by atoms with Gasteiger partial charge in [0.05, 0.1) is 25.7 Å². The molecule has 20 heavy (non-hydrogen) atoms. The van der Waals surface area contributed by atoms with Gasteiger partial charge in [-0.2, -0.15) is 0 Å². The highest BCUT2D eigenvalue weighted by molar-refractivity contribution is 5.78. The van der Waals surface area contributed by atoms with Crippen molar-refractivity contribution in [3.63, 3.8) is 0 Å². The van der Waals surface area contributed by atoms with E-state index in [-0.39, 0.29) is 18.0 Å². The van der Waals surface area contributed by atoms with E-state index < -0.39 is 0 Å². The summed E-state index contributed by atoms with van der Waals surface area (Å²) < 4.78 is 10.6. The first kappa shape index (κ1) is 15.0. The lowest BCUT2D eigenvalue weighted by Crippen LogP contribution is -2.49. The molecule has 0 radical (unpaired) electrons. The zero-order chi connectivity index (χ0) is 14.5. The van der Waals surface area contributed by atoms with Gasteiger partial charge in [-0.05, 0) is 19.4 Å². The fourth-order valence-corrected chi connectivity index (χ4v) is 2.60. The van der Waals surface area contributed by atoms with Crippen LogP contribution in [0.1, 0.15) is 25.3 Å². The summed E-state index contributed by atoms with van der Waals surface area (Å²) in [6.45, 7) is 6.43. The third-order valence-electron chi connectivity index (χ3n) is 3.84. The standard InChI is InChI=1S/C16H23NO3/c1-12-11-20-13(2)9-17(12)10-15(16(18)19-3)14-7-5-4-6-8-14/h4-8,12-13,15H,9-11H2,1-3H3. The van der Waals surface area contributed by atoms with Gasteiger partial charge in [0.25, 0.3) is 0 Å². The number of benzene rings is 1. The smallest absolute Gasteiger partial charge is 0.314 e. The first-order valence-corrected chi connectivity index (χ1v) is 7.10. The van der Waals surface area contributed by atoms with Crippen LogP contribution in [0.25, 0.3) is 0 Å². The van der Waals surface area contributed by atoms with E-state index in [0.29, 0.717) is 19.2 Å². The van der Waals surface area contributed by atoms with Crippen molar-refractivity contribution >= 4 is 5.97 Å². The van der Waals surface area contributed by atoms with E-state index in [2.05, 4.69) is 18.7 Å². The molecule has 3 unspecified atom stereocenters. The Morgan fingerprint density at radius 1 is 1.40 bits per heavy atom. The largest absolute Gasteiger partial charge is 0.469 e. The van der Waals surface area contributed by atoms with Crippen LogP contribution in [-0.2, 0) is 14.3 Å². The van der Waals surface area contributed by atoms with Gasteiger partial charge < -0.3 is 9.47 Å². The molecule has 1 aliphatic heterocycles. The predicted molar refractivity (Wildman–Crippen MR) is 77.6 cm³/mol. The van der Waals surface area contributed by atoms with Crippen molar-refractivity contribution in [3.05, 3.63) is 35.9 Å². The van der Waals surface area contributed by atoms with Gasteiger partial charge in [-0.3, -0.25) is 9.69 Å². The van der Waals surface area contributed by atoms with Crippen LogP contribution < -0.4 is 0 Å². The summed E-state index contributed by atoms with van der Waals surface area (Å²) in [5.41, 5.74) is 1.01. The van der Waals surface area contributed by atoms with Gasteiger partial charge in [-0.1, -0.05) is 30.3 Å². The minimum Gasteiger partial charge on any atom is -0.469 e. The molecule has 1 saturated heterocycles. The van der Waals surface area contributed by atoms with Gasteiger partial charge in [0, 0.05) is 19.1 Å². The Hall–Kier alpha value is -1.39. The van der Waals surface area contributed by atoms with Gasteiger partial charge in [-0.15, -0.1) is 0 Å². The molecule has 0 aliphatic carbocycles. The topological polar surface area (TPSA) is 38.8 Å². The molecular weight excluding hydrogens is 254 g/mol. The van der Waals surface area contributed by atoms with Gasteiger partial charge in [0.15, 0.2) is 0 Å². The van der Waals surface area contributed by atoms with Crippen molar-refractivity contribution in [3.8, 4) is 0 Å². The lowest BCUT2D eigenvalue weighted by molar-refractivity contribution is -0.144. The first-order valence-electron chi connectivity index (χ1n) is 7.10. The van der Waals surface area contributed by atoms with Gasteiger partial charge in [0.1, 0.15) is 0 Å². The van der Waals surface area contributed by atoms with E-state index >= 15 is 0 Å². The summed E-state index contributed by atoms with van der Waals surface area (Å²) in [5, 5.41) is 0. The quantitative estimate of drug-likeness (QED) is 0.790. The van der Waals surface area contributed by atoms with Crippen molar-refractivity contribution in [2.75, 3.05) is 26.8 Å². The van der Waals surface area contributed by atoms with Crippen molar-refractivity contribution in [2.45, 2.75) is 31.9 Å². The Bertz CT molecular complexity index is 435. The van der Waals surface area contributed by atoms with Crippen molar-refractivity contribution < 1.29 is 14.3 Å². The Morgan fingerprint density at radius 2 is 2.10 bits per heavy atom. The fourth-order valence-electron chi connectivity index (χ4n) is 2.60. The van der Waals surface area contributed by atoms with Crippen molar-refractivity contribution in [2.24, 2.45) is 0 Å². The zero-order valence-corrected chi connectivity index (χ0v) is 12.4. The average molecular weight is 277 g/mol. The number of ether oxygens (including phenoxy) is 2. The number of esters is 1. The van der Waals surface area contributed by atoms with E-state index in [1.165, 1.54) is 7.11 Å². The average Bonchev–Trinajstić information content (AvgIpc) is 2.48. The van der Waals surface area contributed by atoms with Crippen LogP contribution in [0.5, 0.6) is 0 Å². The fraction of sp³-hybridized carbons (Fsp3) is 0.562. The second kappa shape index (κ2) is 6.86. The molecule has 110 valence electrons. The number of carbonyl (C=O) groups excluding carboxylic acids is 1. The van der Waals surface area contributed by atoms with Crippen LogP contribution in [0.2, 0.25) is 0 Å². The number of hydrogen-bond acceptors (Lipinski definition) is 4. The lowest BCUT2D eigenvalue weighted by Gasteiger charge is -2.38. The second-order valence-corrected chi connectivity index (χ2v) is 5.43. The summed E-state index contributed by atoms with van der Waals surface area (Å²) >= 11 is 0. The number of nitrogens with zero attached hydrogens (tertiary/aromatic N) is 1. The maximum Gasteiger partial charge on any atom is 0.314 e. The third kappa shape index (κ3) is 3.58. The molecular formula is C16H23NO3. The van der Waals surface area contributed by atoms with Crippen LogP contribution in [0, 0.1) is 0 Å². The maximum atomic E-state index is 12.1. The van der Waals surface area contributed by atoms with E-state index in [0.717, 1.165) is 12.1 Å². The van der Waals surface area contributed by atoms with E-state index in [1.807, 2.05) is 30.3 Å².